The zero-order chi connectivity index (χ0) is 11.5. The van der Waals surface area contributed by atoms with Crippen molar-refractivity contribution in [2.24, 2.45) is 5.41 Å². The Labute approximate surface area is 91.1 Å². The van der Waals surface area contributed by atoms with Gasteiger partial charge in [-0.2, -0.15) is 0 Å². The molecule has 1 heterocycles. The van der Waals surface area contributed by atoms with Gasteiger partial charge in [-0.25, -0.2) is 4.98 Å². The Balaban J connectivity index is 2.53. The van der Waals surface area contributed by atoms with E-state index in [9.17, 15) is 9.59 Å². The average Bonchev–Trinajstić information content (AvgIpc) is 2.66. The number of aromatic nitrogens is 1. The van der Waals surface area contributed by atoms with Crippen LogP contribution >= 0.6 is 11.3 Å². The summed E-state index contributed by atoms with van der Waals surface area (Å²) in [5.41, 5.74) is -1.41. The minimum atomic E-state index is -1.41. The van der Waals surface area contributed by atoms with E-state index in [1.807, 2.05) is 0 Å². The fraction of sp³-hybridized carbons (Fsp3) is 0.444. The molecule has 0 saturated heterocycles. The molecule has 82 valence electrons. The summed E-state index contributed by atoms with van der Waals surface area (Å²) in [5.74, 6) is -1.65. The van der Waals surface area contributed by atoms with E-state index in [1.54, 1.807) is 11.6 Å². The van der Waals surface area contributed by atoms with E-state index in [0.29, 0.717) is 0 Å². The second kappa shape index (κ2) is 4.39. The highest BCUT2D eigenvalue weighted by molar-refractivity contribution is 7.09. The van der Waals surface area contributed by atoms with Gasteiger partial charge in [-0.05, 0) is 13.8 Å². The lowest BCUT2D eigenvalue weighted by Gasteiger charge is -2.17. The molecule has 0 radical (unpaired) electrons. The standard InChI is InChI=1S/C9H12N2O3S/c1-9(2,8(13)14)7(12)11-5-6-10-3-4-15-6/h3-4H,5H2,1-2H3,(H,11,12)(H,13,14). The summed E-state index contributed by atoms with van der Waals surface area (Å²) in [6, 6.07) is 0. The molecule has 2 N–H and O–H groups in total. The van der Waals surface area contributed by atoms with Crippen molar-refractivity contribution in [2.75, 3.05) is 0 Å². The largest absolute Gasteiger partial charge is 0.480 e. The van der Waals surface area contributed by atoms with Crippen molar-refractivity contribution in [3.63, 3.8) is 0 Å². The smallest absolute Gasteiger partial charge is 0.318 e. The SMILES string of the molecule is CC(C)(C(=O)O)C(=O)NCc1nccs1. The molecule has 0 aliphatic heterocycles. The molecule has 6 heteroatoms. The molecular weight excluding hydrogens is 216 g/mol. The second-order valence-electron chi connectivity index (χ2n) is 3.54. The summed E-state index contributed by atoms with van der Waals surface area (Å²) in [4.78, 5) is 26.2. The lowest BCUT2D eigenvalue weighted by Crippen LogP contribution is -2.41. The number of amides is 1. The van der Waals surface area contributed by atoms with E-state index in [2.05, 4.69) is 10.3 Å². The molecule has 0 bridgehead atoms. The Hall–Kier alpha value is -1.43. The van der Waals surface area contributed by atoms with Gasteiger partial charge in [0.25, 0.3) is 0 Å². The third kappa shape index (κ3) is 2.76. The van der Waals surface area contributed by atoms with Crippen molar-refractivity contribution < 1.29 is 14.7 Å². The number of carboxylic acid groups (broad SMARTS) is 1. The molecule has 0 fully saturated rings. The molecule has 0 atom stereocenters. The molecule has 1 amide bonds. The highest BCUT2D eigenvalue weighted by atomic mass is 32.1. The molecule has 0 saturated carbocycles. The fourth-order valence-corrected chi connectivity index (χ4v) is 1.37. The van der Waals surface area contributed by atoms with E-state index in [0.717, 1.165) is 5.01 Å². The molecule has 0 unspecified atom stereocenters. The maximum Gasteiger partial charge on any atom is 0.318 e. The molecule has 1 aromatic rings. The van der Waals surface area contributed by atoms with Crippen LogP contribution < -0.4 is 5.32 Å². The second-order valence-corrected chi connectivity index (χ2v) is 4.52. The molecule has 1 aromatic heterocycles. The van der Waals surface area contributed by atoms with E-state index < -0.39 is 17.3 Å². The number of hydrogen-bond donors (Lipinski definition) is 2. The number of nitrogens with zero attached hydrogens (tertiary/aromatic N) is 1. The number of carbonyl (C=O) groups excluding carboxylic acids is 1. The fourth-order valence-electron chi connectivity index (χ4n) is 0.814. The number of thiazole rings is 1. The van der Waals surface area contributed by atoms with E-state index >= 15 is 0 Å². The monoisotopic (exact) mass is 228 g/mol. The van der Waals surface area contributed by atoms with Crippen LogP contribution in [0.5, 0.6) is 0 Å². The molecular formula is C9H12N2O3S. The van der Waals surface area contributed by atoms with Crippen molar-refractivity contribution in [1.29, 1.82) is 0 Å². The van der Waals surface area contributed by atoms with Gasteiger partial charge in [0.2, 0.25) is 5.91 Å². The van der Waals surface area contributed by atoms with Gasteiger partial charge in [0, 0.05) is 11.6 Å². The van der Waals surface area contributed by atoms with Crippen molar-refractivity contribution in [3.8, 4) is 0 Å². The Bertz CT molecular complexity index is 359. The van der Waals surface area contributed by atoms with Crippen LogP contribution in [-0.2, 0) is 16.1 Å². The number of hydrogen-bond acceptors (Lipinski definition) is 4. The van der Waals surface area contributed by atoms with Crippen LogP contribution in [0, 0.1) is 5.41 Å². The summed E-state index contributed by atoms with van der Waals surface area (Å²) < 4.78 is 0. The van der Waals surface area contributed by atoms with Gasteiger partial charge in [-0.3, -0.25) is 9.59 Å². The van der Waals surface area contributed by atoms with Crippen LogP contribution in [0.15, 0.2) is 11.6 Å². The Morgan fingerprint density at radius 2 is 2.27 bits per heavy atom. The van der Waals surface area contributed by atoms with Crippen molar-refractivity contribution in [2.45, 2.75) is 20.4 Å². The number of rotatable bonds is 4. The minimum Gasteiger partial charge on any atom is -0.480 e. The maximum absolute atomic E-state index is 11.5. The minimum absolute atomic E-state index is 0.271. The molecule has 0 aromatic carbocycles. The summed E-state index contributed by atoms with van der Waals surface area (Å²) >= 11 is 1.41. The average molecular weight is 228 g/mol. The normalized spacial score (nSPS) is 11.1. The van der Waals surface area contributed by atoms with Crippen LogP contribution in [0.1, 0.15) is 18.9 Å². The van der Waals surface area contributed by atoms with E-state index in [4.69, 9.17) is 5.11 Å². The van der Waals surface area contributed by atoms with Crippen LogP contribution in [0.2, 0.25) is 0 Å². The van der Waals surface area contributed by atoms with E-state index in [1.165, 1.54) is 25.2 Å². The highest BCUT2D eigenvalue weighted by Gasteiger charge is 2.35. The number of carboxylic acids is 1. The number of nitrogens with one attached hydrogen (secondary N) is 1. The third-order valence-corrected chi connectivity index (χ3v) is 2.77. The van der Waals surface area contributed by atoms with Gasteiger partial charge >= 0.3 is 5.97 Å². The predicted molar refractivity (Wildman–Crippen MR) is 55.4 cm³/mol. The summed E-state index contributed by atoms with van der Waals surface area (Å²) in [7, 11) is 0. The highest BCUT2D eigenvalue weighted by Crippen LogP contribution is 2.15. The lowest BCUT2D eigenvalue weighted by molar-refractivity contribution is -0.153. The van der Waals surface area contributed by atoms with Gasteiger partial charge in [-0.1, -0.05) is 0 Å². The third-order valence-electron chi connectivity index (χ3n) is 1.99. The van der Waals surface area contributed by atoms with E-state index in [-0.39, 0.29) is 6.54 Å². The van der Waals surface area contributed by atoms with Crippen LogP contribution in [0.3, 0.4) is 0 Å². The van der Waals surface area contributed by atoms with Gasteiger partial charge < -0.3 is 10.4 Å². The lowest BCUT2D eigenvalue weighted by atomic mass is 9.93. The maximum atomic E-state index is 11.5. The first-order valence-electron chi connectivity index (χ1n) is 4.34. The first-order chi connectivity index (χ1) is 6.94. The molecule has 1 rings (SSSR count). The van der Waals surface area contributed by atoms with Gasteiger partial charge in [0.05, 0.1) is 6.54 Å². The molecule has 15 heavy (non-hydrogen) atoms. The Morgan fingerprint density at radius 1 is 1.60 bits per heavy atom. The quantitative estimate of drug-likeness (QED) is 0.749. The van der Waals surface area contributed by atoms with Crippen LogP contribution in [0.25, 0.3) is 0 Å². The molecule has 0 aliphatic rings. The summed E-state index contributed by atoms with van der Waals surface area (Å²) in [6.45, 7) is 3.01. The summed E-state index contributed by atoms with van der Waals surface area (Å²) in [6.07, 6.45) is 1.63. The topological polar surface area (TPSA) is 79.3 Å². The predicted octanol–water partition coefficient (Wildman–Crippen LogP) is 0.870. The van der Waals surface area contributed by atoms with Crippen molar-refractivity contribution >= 4 is 23.2 Å². The van der Waals surface area contributed by atoms with Crippen LogP contribution in [0.4, 0.5) is 0 Å². The Kier molecular flexibility index (Phi) is 3.41. The number of carbonyl (C=O) groups is 2. The summed E-state index contributed by atoms with van der Waals surface area (Å²) in [5, 5.41) is 13.9. The van der Waals surface area contributed by atoms with Gasteiger partial charge in [0.15, 0.2) is 0 Å². The first-order valence-corrected chi connectivity index (χ1v) is 5.22. The number of aliphatic carboxylic acids is 1. The van der Waals surface area contributed by atoms with Crippen molar-refractivity contribution in [3.05, 3.63) is 16.6 Å². The zero-order valence-corrected chi connectivity index (χ0v) is 9.30. The van der Waals surface area contributed by atoms with Gasteiger partial charge in [0.1, 0.15) is 10.4 Å². The van der Waals surface area contributed by atoms with Gasteiger partial charge in [-0.15, -0.1) is 11.3 Å². The molecule has 0 spiro atoms. The van der Waals surface area contributed by atoms with Crippen molar-refractivity contribution in [1.82, 2.24) is 10.3 Å². The first kappa shape index (κ1) is 11.6. The molecule has 0 aliphatic carbocycles. The van der Waals surface area contributed by atoms with Crippen LogP contribution in [-0.4, -0.2) is 22.0 Å². The molecule has 5 nitrogen and oxygen atoms in total. The Morgan fingerprint density at radius 3 is 2.73 bits per heavy atom. The zero-order valence-electron chi connectivity index (χ0n) is 8.48.